The maximum absolute atomic E-state index is 5.51. The van der Waals surface area contributed by atoms with Gasteiger partial charge >= 0.3 is 0 Å². The average Bonchev–Trinajstić information content (AvgIpc) is 2.19. The summed E-state index contributed by atoms with van der Waals surface area (Å²) >= 11 is 0. The molecule has 14 heavy (non-hydrogen) atoms. The molecule has 3 heteroatoms. The third-order valence-electron chi connectivity index (χ3n) is 2.11. The maximum Gasteiger partial charge on any atom is 0.101 e. The summed E-state index contributed by atoms with van der Waals surface area (Å²) in [5.41, 5.74) is 7.60. The highest BCUT2D eigenvalue weighted by molar-refractivity contribution is 5.81. The number of rotatable bonds is 2. The van der Waals surface area contributed by atoms with Crippen LogP contribution < -0.4 is 5.73 Å². The van der Waals surface area contributed by atoms with Crippen LogP contribution in [-0.4, -0.2) is 24.8 Å². The van der Waals surface area contributed by atoms with E-state index in [4.69, 9.17) is 5.73 Å². The summed E-state index contributed by atoms with van der Waals surface area (Å²) in [6.07, 6.45) is 0. The van der Waals surface area contributed by atoms with Gasteiger partial charge in [-0.15, -0.1) is 0 Å². The van der Waals surface area contributed by atoms with Gasteiger partial charge in [0.15, 0.2) is 0 Å². The highest BCUT2D eigenvalue weighted by atomic mass is 15.1. The molecular formula is C11H17N3. The zero-order valence-corrected chi connectivity index (χ0v) is 8.99. The molecular weight excluding hydrogens is 174 g/mol. The molecule has 0 aliphatic carbocycles. The van der Waals surface area contributed by atoms with Crippen LogP contribution >= 0.6 is 0 Å². The summed E-state index contributed by atoms with van der Waals surface area (Å²) in [6, 6.07) is 7.97. The summed E-state index contributed by atoms with van der Waals surface area (Å²) < 4.78 is 0. The van der Waals surface area contributed by atoms with Crippen molar-refractivity contribution in [3.63, 3.8) is 0 Å². The van der Waals surface area contributed by atoms with Crippen molar-refractivity contribution < 1.29 is 0 Å². The number of benzene rings is 1. The Labute approximate surface area is 85.3 Å². The topological polar surface area (TPSA) is 41.6 Å². The van der Waals surface area contributed by atoms with Gasteiger partial charge in [-0.2, -0.15) is 0 Å². The molecule has 0 bridgehead atoms. The third kappa shape index (κ3) is 2.85. The van der Waals surface area contributed by atoms with Crippen LogP contribution in [0.5, 0.6) is 0 Å². The standard InChI is InChI=1S/C11H17N3/c1-9(14(2)3)13-11-6-4-10(8-12)5-7-11/h4-7H,8,12H2,1-3H3. The van der Waals surface area contributed by atoms with Crippen molar-refractivity contribution in [2.45, 2.75) is 13.5 Å². The first-order valence-corrected chi connectivity index (χ1v) is 4.65. The average molecular weight is 191 g/mol. The molecule has 76 valence electrons. The molecule has 0 aromatic heterocycles. The molecule has 0 fully saturated rings. The van der Waals surface area contributed by atoms with E-state index in [0.29, 0.717) is 6.54 Å². The van der Waals surface area contributed by atoms with Crippen LogP contribution in [-0.2, 0) is 6.54 Å². The van der Waals surface area contributed by atoms with E-state index in [1.54, 1.807) is 0 Å². The summed E-state index contributed by atoms with van der Waals surface area (Å²) in [5.74, 6) is 0.991. The highest BCUT2D eigenvalue weighted by Gasteiger charge is 1.94. The zero-order valence-electron chi connectivity index (χ0n) is 8.99. The number of hydrogen-bond acceptors (Lipinski definition) is 2. The van der Waals surface area contributed by atoms with Gasteiger partial charge in [0.05, 0.1) is 5.69 Å². The van der Waals surface area contributed by atoms with Gasteiger partial charge in [-0.05, 0) is 24.6 Å². The minimum Gasteiger partial charge on any atom is -0.366 e. The van der Waals surface area contributed by atoms with Crippen LogP contribution in [0.15, 0.2) is 29.3 Å². The Bertz CT molecular complexity index is 312. The summed E-state index contributed by atoms with van der Waals surface area (Å²) in [5, 5.41) is 0. The quantitative estimate of drug-likeness (QED) is 0.571. The summed E-state index contributed by atoms with van der Waals surface area (Å²) in [4.78, 5) is 6.42. The first-order valence-electron chi connectivity index (χ1n) is 4.65. The van der Waals surface area contributed by atoms with Crippen molar-refractivity contribution in [1.29, 1.82) is 0 Å². The first-order chi connectivity index (χ1) is 6.63. The lowest BCUT2D eigenvalue weighted by atomic mass is 10.2. The summed E-state index contributed by atoms with van der Waals surface area (Å²) in [6.45, 7) is 2.56. The minimum atomic E-state index is 0.580. The van der Waals surface area contributed by atoms with E-state index in [0.717, 1.165) is 17.1 Å². The number of amidine groups is 1. The molecule has 1 rings (SSSR count). The molecule has 1 aromatic rings. The van der Waals surface area contributed by atoms with Crippen molar-refractivity contribution in [3.05, 3.63) is 29.8 Å². The van der Waals surface area contributed by atoms with Crippen LogP contribution in [0.4, 0.5) is 5.69 Å². The third-order valence-corrected chi connectivity index (χ3v) is 2.11. The predicted molar refractivity (Wildman–Crippen MR) is 60.8 cm³/mol. The Morgan fingerprint density at radius 1 is 1.29 bits per heavy atom. The molecule has 0 heterocycles. The molecule has 2 N–H and O–H groups in total. The van der Waals surface area contributed by atoms with Crippen molar-refractivity contribution in [1.82, 2.24) is 4.90 Å². The fourth-order valence-corrected chi connectivity index (χ4v) is 0.993. The molecule has 0 aliphatic rings. The molecule has 0 spiro atoms. The lowest BCUT2D eigenvalue weighted by Gasteiger charge is -2.10. The SMILES string of the molecule is CC(=Nc1ccc(CN)cc1)N(C)C. The van der Waals surface area contributed by atoms with E-state index in [1.807, 2.05) is 50.2 Å². The molecule has 0 saturated heterocycles. The van der Waals surface area contributed by atoms with Gasteiger partial charge < -0.3 is 10.6 Å². The van der Waals surface area contributed by atoms with E-state index in [9.17, 15) is 0 Å². The Balaban J connectivity index is 2.83. The normalized spacial score (nSPS) is 11.6. The zero-order chi connectivity index (χ0) is 10.6. The van der Waals surface area contributed by atoms with Gasteiger partial charge in [0.2, 0.25) is 0 Å². The molecule has 0 saturated carbocycles. The molecule has 0 amide bonds. The summed E-state index contributed by atoms with van der Waals surface area (Å²) in [7, 11) is 3.96. The van der Waals surface area contributed by atoms with Crippen LogP contribution in [0.25, 0.3) is 0 Å². The molecule has 0 radical (unpaired) electrons. The smallest absolute Gasteiger partial charge is 0.101 e. The van der Waals surface area contributed by atoms with Gasteiger partial charge in [-0.1, -0.05) is 12.1 Å². The molecule has 1 aromatic carbocycles. The minimum absolute atomic E-state index is 0.580. The first kappa shape index (κ1) is 10.7. The Hall–Kier alpha value is -1.35. The van der Waals surface area contributed by atoms with Gasteiger partial charge in [0.25, 0.3) is 0 Å². The van der Waals surface area contributed by atoms with E-state index >= 15 is 0 Å². The van der Waals surface area contributed by atoms with Gasteiger partial charge in [-0.3, -0.25) is 0 Å². The molecule has 0 aliphatic heterocycles. The Kier molecular flexibility index (Phi) is 3.65. The second-order valence-corrected chi connectivity index (χ2v) is 3.42. The highest BCUT2D eigenvalue weighted by Crippen LogP contribution is 2.13. The van der Waals surface area contributed by atoms with Crippen molar-refractivity contribution in [2.24, 2.45) is 10.7 Å². The van der Waals surface area contributed by atoms with Crippen molar-refractivity contribution in [2.75, 3.05) is 14.1 Å². The fraction of sp³-hybridized carbons (Fsp3) is 0.364. The van der Waals surface area contributed by atoms with Crippen LogP contribution in [0.3, 0.4) is 0 Å². The monoisotopic (exact) mass is 191 g/mol. The van der Waals surface area contributed by atoms with E-state index in [2.05, 4.69) is 4.99 Å². The Morgan fingerprint density at radius 2 is 1.86 bits per heavy atom. The number of nitrogens with zero attached hydrogens (tertiary/aromatic N) is 2. The molecule has 3 nitrogen and oxygen atoms in total. The fourth-order valence-electron chi connectivity index (χ4n) is 0.993. The maximum atomic E-state index is 5.51. The van der Waals surface area contributed by atoms with Crippen molar-refractivity contribution in [3.8, 4) is 0 Å². The second kappa shape index (κ2) is 4.77. The van der Waals surface area contributed by atoms with Gasteiger partial charge in [0.1, 0.15) is 5.84 Å². The van der Waals surface area contributed by atoms with Gasteiger partial charge in [-0.25, -0.2) is 4.99 Å². The van der Waals surface area contributed by atoms with Crippen molar-refractivity contribution >= 4 is 11.5 Å². The Morgan fingerprint density at radius 3 is 2.29 bits per heavy atom. The number of aliphatic imine (C=N–C) groups is 1. The van der Waals surface area contributed by atoms with E-state index < -0.39 is 0 Å². The molecule has 0 atom stereocenters. The second-order valence-electron chi connectivity index (χ2n) is 3.42. The van der Waals surface area contributed by atoms with E-state index in [-0.39, 0.29) is 0 Å². The molecule has 0 unspecified atom stereocenters. The lowest BCUT2D eigenvalue weighted by molar-refractivity contribution is 0.619. The predicted octanol–water partition coefficient (Wildman–Crippen LogP) is 1.76. The number of nitrogens with two attached hydrogens (primary N) is 1. The van der Waals surface area contributed by atoms with Crippen LogP contribution in [0.1, 0.15) is 12.5 Å². The van der Waals surface area contributed by atoms with Gasteiger partial charge in [0, 0.05) is 20.6 Å². The largest absolute Gasteiger partial charge is 0.366 e. The lowest BCUT2D eigenvalue weighted by Crippen LogP contribution is -2.17. The van der Waals surface area contributed by atoms with Crippen LogP contribution in [0, 0.1) is 0 Å². The van der Waals surface area contributed by atoms with E-state index in [1.165, 1.54) is 0 Å². The van der Waals surface area contributed by atoms with Crippen LogP contribution in [0.2, 0.25) is 0 Å². The number of hydrogen-bond donors (Lipinski definition) is 1.